The first kappa shape index (κ1) is 13.4. The predicted molar refractivity (Wildman–Crippen MR) is 86.2 cm³/mol. The smallest absolute Gasteiger partial charge is 0.0514 e. The highest BCUT2D eigenvalue weighted by Gasteiger charge is 2.13. The van der Waals surface area contributed by atoms with Crippen LogP contribution in [0.3, 0.4) is 0 Å². The Morgan fingerprint density at radius 2 is 2.06 bits per heavy atom. The summed E-state index contributed by atoms with van der Waals surface area (Å²) in [5, 5.41) is 1.39. The molecule has 0 saturated carbocycles. The molecule has 0 aliphatic carbocycles. The van der Waals surface area contributed by atoms with Gasteiger partial charge in [-0.15, -0.1) is 0 Å². The first-order valence-corrected chi connectivity index (χ1v) is 7.19. The third-order valence-electron chi connectivity index (χ3n) is 3.17. The van der Waals surface area contributed by atoms with Crippen molar-refractivity contribution < 1.29 is 0 Å². The van der Waals surface area contributed by atoms with Gasteiger partial charge in [0, 0.05) is 17.6 Å². The molecule has 92 valence electrons. The highest BCUT2D eigenvalue weighted by molar-refractivity contribution is 7.30. The van der Waals surface area contributed by atoms with Gasteiger partial charge in [0.1, 0.15) is 0 Å². The molecule has 5 heteroatoms. The van der Waals surface area contributed by atoms with Crippen molar-refractivity contribution in [2.75, 3.05) is 0 Å². The Bertz CT molecular complexity index is 534. The number of hydrogen-bond acceptors (Lipinski definition) is 1. The Labute approximate surface area is 110 Å². The van der Waals surface area contributed by atoms with Crippen LogP contribution in [0.5, 0.6) is 0 Å². The fraction of sp³-hybridized carbons (Fsp3) is 0.333. The van der Waals surface area contributed by atoms with Crippen LogP contribution in [-0.4, -0.2) is 14.8 Å². The van der Waals surface area contributed by atoms with Gasteiger partial charge in [-0.3, -0.25) is 4.44 Å². The van der Waals surface area contributed by atoms with Crippen molar-refractivity contribution in [2.24, 2.45) is 0 Å². The third-order valence-corrected chi connectivity index (χ3v) is 4.61. The van der Waals surface area contributed by atoms with Gasteiger partial charge in [-0.25, -0.2) is 0 Å². The minimum atomic E-state index is 0.486. The van der Waals surface area contributed by atoms with E-state index in [9.17, 15) is 0 Å². The molecule has 2 rings (SSSR count). The first-order valence-electron chi connectivity index (χ1n) is 5.64. The molecule has 4 atom stereocenters. The molecule has 0 radical (unpaired) electrons. The summed E-state index contributed by atoms with van der Waals surface area (Å²) in [4.78, 5) is 0. The second kappa shape index (κ2) is 5.33. The van der Waals surface area contributed by atoms with Gasteiger partial charge >= 0.3 is 0 Å². The van der Waals surface area contributed by atoms with E-state index in [0.717, 1.165) is 6.42 Å². The standard InChI is InChI=1S/C12H19N2P3/c1-8-4-3-5-11-12(8)10(7-13(11)15)6-9(2)14(16)17/h3-5,7,9H,6,15-17H2,1-2H3. The lowest BCUT2D eigenvalue weighted by molar-refractivity contribution is 0.548. The predicted octanol–water partition coefficient (Wildman–Crippen LogP) is 3.40. The van der Waals surface area contributed by atoms with Gasteiger partial charge in [0.25, 0.3) is 0 Å². The summed E-state index contributed by atoms with van der Waals surface area (Å²) < 4.78 is 4.24. The van der Waals surface area contributed by atoms with Gasteiger partial charge in [0.2, 0.25) is 0 Å². The SMILES string of the molecule is Cc1cccc2c1c(CC(C)N(P)P)cn2P. The Kier molecular flexibility index (Phi) is 4.22. The van der Waals surface area contributed by atoms with Gasteiger partial charge in [-0.1, -0.05) is 30.9 Å². The minimum absolute atomic E-state index is 0.486. The largest absolute Gasteiger partial charge is 0.332 e. The number of benzene rings is 1. The molecule has 1 aromatic carbocycles. The molecule has 17 heavy (non-hydrogen) atoms. The molecule has 0 bridgehead atoms. The van der Waals surface area contributed by atoms with Crippen LogP contribution in [0.4, 0.5) is 0 Å². The summed E-state index contributed by atoms with van der Waals surface area (Å²) in [6, 6.07) is 6.95. The summed E-state index contributed by atoms with van der Waals surface area (Å²) in [7, 11) is 8.18. The van der Waals surface area contributed by atoms with Crippen LogP contribution in [0, 0.1) is 6.92 Å². The summed E-state index contributed by atoms with van der Waals surface area (Å²) in [6.07, 6.45) is 3.27. The Morgan fingerprint density at radius 3 is 2.71 bits per heavy atom. The van der Waals surface area contributed by atoms with Gasteiger partial charge in [-0.05, 0) is 46.9 Å². The fourth-order valence-corrected chi connectivity index (χ4v) is 2.77. The zero-order valence-corrected chi connectivity index (χ0v) is 13.7. The molecule has 0 saturated heterocycles. The molecule has 2 nitrogen and oxygen atoms in total. The summed E-state index contributed by atoms with van der Waals surface area (Å²) in [5.41, 5.74) is 4.05. The normalized spacial score (nSPS) is 13.5. The molecule has 0 fully saturated rings. The number of rotatable bonds is 3. The van der Waals surface area contributed by atoms with Crippen LogP contribution in [-0.2, 0) is 6.42 Å². The van der Waals surface area contributed by atoms with Gasteiger partial charge in [0.05, 0.1) is 5.52 Å². The van der Waals surface area contributed by atoms with Gasteiger partial charge in [0.15, 0.2) is 0 Å². The van der Waals surface area contributed by atoms with Crippen molar-refractivity contribution in [3.05, 3.63) is 35.5 Å². The highest BCUT2D eigenvalue weighted by Crippen LogP contribution is 2.28. The Hall–Kier alpha value is 0.01000. The van der Waals surface area contributed by atoms with Crippen molar-refractivity contribution in [1.82, 2.24) is 8.78 Å². The van der Waals surface area contributed by atoms with Crippen LogP contribution >= 0.6 is 28.2 Å². The molecular weight excluding hydrogens is 265 g/mol. The maximum absolute atomic E-state index is 2.77. The molecule has 1 aromatic heterocycles. The summed E-state index contributed by atoms with van der Waals surface area (Å²) in [5.74, 6) is 0. The van der Waals surface area contributed by atoms with Crippen molar-refractivity contribution in [1.29, 1.82) is 0 Å². The van der Waals surface area contributed by atoms with E-state index < -0.39 is 0 Å². The number of nitrogens with zero attached hydrogens (tertiary/aromatic N) is 2. The van der Waals surface area contributed by atoms with E-state index in [2.05, 4.69) is 75.2 Å². The maximum Gasteiger partial charge on any atom is 0.0514 e. The molecule has 0 spiro atoms. The van der Waals surface area contributed by atoms with Crippen LogP contribution < -0.4 is 0 Å². The Balaban J connectivity index is 2.48. The first-order chi connectivity index (χ1) is 8.00. The van der Waals surface area contributed by atoms with Crippen molar-refractivity contribution >= 4 is 39.1 Å². The summed E-state index contributed by atoms with van der Waals surface area (Å²) in [6.45, 7) is 4.41. The topological polar surface area (TPSA) is 8.17 Å². The third kappa shape index (κ3) is 2.72. The van der Waals surface area contributed by atoms with Crippen LogP contribution in [0.15, 0.2) is 24.4 Å². The van der Waals surface area contributed by atoms with E-state index in [4.69, 9.17) is 0 Å². The summed E-state index contributed by atoms with van der Waals surface area (Å²) >= 11 is 0. The van der Waals surface area contributed by atoms with Gasteiger partial charge < -0.3 is 4.34 Å². The van der Waals surface area contributed by atoms with Crippen molar-refractivity contribution in [3.8, 4) is 0 Å². The van der Waals surface area contributed by atoms with E-state index in [1.54, 1.807) is 0 Å². The van der Waals surface area contributed by atoms with Crippen LogP contribution in [0.2, 0.25) is 0 Å². The fourth-order valence-electron chi connectivity index (χ4n) is 2.17. The molecular formula is C12H19N2P3. The van der Waals surface area contributed by atoms with E-state index >= 15 is 0 Å². The molecule has 0 aliphatic rings. The van der Waals surface area contributed by atoms with E-state index in [1.807, 2.05) is 0 Å². The van der Waals surface area contributed by atoms with Crippen LogP contribution in [0.1, 0.15) is 18.1 Å². The van der Waals surface area contributed by atoms with E-state index in [-0.39, 0.29) is 0 Å². The zero-order valence-electron chi connectivity index (χ0n) is 10.2. The molecule has 0 aliphatic heterocycles. The van der Waals surface area contributed by atoms with E-state index in [0.29, 0.717) is 6.04 Å². The second-order valence-electron chi connectivity index (χ2n) is 4.53. The van der Waals surface area contributed by atoms with Gasteiger partial charge in [-0.2, -0.15) is 0 Å². The van der Waals surface area contributed by atoms with Crippen molar-refractivity contribution in [2.45, 2.75) is 26.3 Å². The average molecular weight is 284 g/mol. The number of aromatic nitrogens is 1. The second-order valence-corrected chi connectivity index (χ2v) is 6.88. The average Bonchev–Trinajstić information content (AvgIpc) is 2.57. The maximum atomic E-state index is 2.77. The quantitative estimate of drug-likeness (QED) is 0.784. The molecule has 0 N–H and O–H groups in total. The van der Waals surface area contributed by atoms with Crippen molar-refractivity contribution in [3.63, 3.8) is 0 Å². The lowest BCUT2D eigenvalue weighted by Crippen LogP contribution is -2.16. The van der Waals surface area contributed by atoms with Crippen LogP contribution in [0.25, 0.3) is 10.9 Å². The lowest BCUT2D eigenvalue weighted by atomic mass is 10.0. The Morgan fingerprint density at radius 1 is 1.35 bits per heavy atom. The highest BCUT2D eigenvalue weighted by atomic mass is 31.1. The molecule has 0 amide bonds. The zero-order chi connectivity index (χ0) is 12.6. The molecule has 4 unspecified atom stereocenters. The minimum Gasteiger partial charge on any atom is -0.332 e. The van der Waals surface area contributed by atoms with E-state index in [1.165, 1.54) is 22.0 Å². The molecule has 1 heterocycles. The number of fused-ring (bicyclic) bond motifs is 1. The monoisotopic (exact) mass is 284 g/mol. The lowest BCUT2D eigenvalue weighted by Gasteiger charge is -2.18. The number of hydrogen-bond donors (Lipinski definition) is 0. The number of aryl methyl sites for hydroxylation is 1. The molecule has 2 aromatic rings.